The van der Waals surface area contributed by atoms with Crippen LogP contribution in [0.25, 0.3) is 11.1 Å². The lowest BCUT2D eigenvalue weighted by Gasteiger charge is -2.26. The zero-order valence-electron chi connectivity index (χ0n) is 20.2. The van der Waals surface area contributed by atoms with Crippen molar-refractivity contribution in [3.8, 4) is 11.1 Å². The number of primary amides is 1. The van der Waals surface area contributed by atoms with E-state index in [2.05, 4.69) is 28.1 Å². The van der Waals surface area contributed by atoms with Gasteiger partial charge < -0.3 is 26.4 Å². The third-order valence-corrected chi connectivity index (χ3v) is 6.03. The molecular formula is C26H32N4O5. The Morgan fingerprint density at radius 3 is 2.11 bits per heavy atom. The summed E-state index contributed by atoms with van der Waals surface area (Å²) >= 11 is 0. The lowest BCUT2D eigenvalue weighted by Crippen LogP contribution is -2.58. The van der Waals surface area contributed by atoms with Crippen LogP contribution in [-0.2, 0) is 19.1 Å². The molecule has 186 valence electrons. The fourth-order valence-corrected chi connectivity index (χ4v) is 4.12. The topological polar surface area (TPSA) is 140 Å². The van der Waals surface area contributed by atoms with Crippen LogP contribution in [0.4, 0.5) is 4.79 Å². The normalized spacial score (nSPS) is 13.2. The van der Waals surface area contributed by atoms with Crippen molar-refractivity contribution in [1.29, 1.82) is 0 Å². The Hall–Kier alpha value is -3.88. The Kier molecular flexibility index (Phi) is 8.11. The Bertz CT molecular complexity index is 1070. The minimum absolute atomic E-state index is 0.0328. The van der Waals surface area contributed by atoms with Gasteiger partial charge in [-0.05, 0) is 48.9 Å². The van der Waals surface area contributed by atoms with E-state index < -0.39 is 29.5 Å². The first-order valence-electron chi connectivity index (χ1n) is 11.6. The molecule has 0 radical (unpaired) electrons. The van der Waals surface area contributed by atoms with Gasteiger partial charge in [-0.15, -0.1) is 0 Å². The van der Waals surface area contributed by atoms with Gasteiger partial charge in [-0.1, -0.05) is 48.5 Å². The highest BCUT2D eigenvalue weighted by Crippen LogP contribution is 2.44. The van der Waals surface area contributed by atoms with Crippen molar-refractivity contribution in [2.75, 3.05) is 13.2 Å². The van der Waals surface area contributed by atoms with Gasteiger partial charge in [-0.3, -0.25) is 14.4 Å². The van der Waals surface area contributed by atoms with Gasteiger partial charge in [-0.25, -0.2) is 4.79 Å². The number of nitrogens with two attached hydrogens (primary N) is 1. The van der Waals surface area contributed by atoms with Crippen molar-refractivity contribution in [2.24, 2.45) is 5.73 Å². The number of benzene rings is 2. The highest BCUT2D eigenvalue weighted by molar-refractivity contribution is 5.93. The SMILES string of the molecule is CC(=O)N[C@H](CCCNC(=O)OCC1c2ccccc2-c2ccccc21)C(=O)NC(C)(C)C(N)=O. The average Bonchev–Trinajstić information content (AvgIpc) is 3.12. The lowest BCUT2D eigenvalue weighted by molar-refractivity contribution is -0.133. The van der Waals surface area contributed by atoms with Crippen molar-refractivity contribution < 1.29 is 23.9 Å². The van der Waals surface area contributed by atoms with Gasteiger partial charge >= 0.3 is 6.09 Å². The second-order valence-corrected chi connectivity index (χ2v) is 9.13. The molecule has 9 heteroatoms. The summed E-state index contributed by atoms with van der Waals surface area (Å²) in [7, 11) is 0. The van der Waals surface area contributed by atoms with Gasteiger partial charge in [-0.2, -0.15) is 0 Å². The van der Waals surface area contributed by atoms with E-state index in [1.165, 1.54) is 20.8 Å². The zero-order valence-corrected chi connectivity index (χ0v) is 20.2. The molecule has 0 saturated carbocycles. The lowest BCUT2D eigenvalue weighted by atomic mass is 9.98. The van der Waals surface area contributed by atoms with E-state index in [0.717, 1.165) is 22.3 Å². The highest BCUT2D eigenvalue weighted by atomic mass is 16.5. The molecule has 0 aromatic heterocycles. The molecule has 9 nitrogen and oxygen atoms in total. The van der Waals surface area contributed by atoms with Crippen LogP contribution in [0.2, 0.25) is 0 Å². The number of carbonyl (C=O) groups excluding carboxylic acids is 4. The molecule has 35 heavy (non-hydrogen) atoms. The molecule has 2 aromatic rings. The van der Waals surface area contributed by atoms with E-state index in [1.54, 1.807) is 0 Å². The minimum Gasteiger partial charge on any atom is -0.449 e. The molecule has 1 atom stereocenters. The Morgan fingerprint density at radius 2 is 1.57 bits per heavy atom. The van der Waals surface area contributed by atoms with E-state index in [-0.39, 0.29) is 31.4 Å². The molecule has 1 aliphatic rings. The fourth-order valence-electron chi connectivity index (χ4n) is 4.12. The monoisotopic (exact) mass is 480 g/mol. The van der Waals surface area contributed by atoms with Crippen LogP contribution in [0.5, 0.6) is 0 Å². The quantitative estimate of drug-likeness (QED) is 0.386. The Labute approximate surface area is 204 Å². The zero-order chi connectivity index (χ0) is 25.6. The summed E-state index contributed by atoms with van der Waals surface area (Å²) in [5.74, 6) is -1.63. The van der Waals surface area contributed by atoms with Gasteiger partial charge in [0.05, 0.1) is 0 Å². The standard InChI is InChI=1S/C26H32N4O5/c1-16(31)29-22(23(32)30-26(2,3)24(27)33)13-8-14-28-25(34)35-15-21-19-11-6-4-9-17(19)18-10-5-7-12-20(18)21/h4-7,9-12,21-22H,8,13-15H2,1-3H3,(H2,27,33)(H,28,34)(H,29,31)(H,30,32)/t22-/m1/s1. The van der Waals surface area contributed by atoms with Crippen LogP contribution in [0, 0.1) is 0 Å². The number of ether oxygens (including phenoxy) is 1. The van der Waals surface area contributed by atoms with Gasteiger partial charge in [0, 0.05) is 19.4 Å². The predicted octanol–water partition coefficient (Wildman–Crippen LogP) is 2.19. The predicted molar refractivity (Wildman–Crippen MR) is 131 cm³/mol. The van der Waals surface area contributed by atoms with Crippen molar-refractivity contribution in [1.82, 2.24) is 16.0 Å². The van der Waals surface area contributed by atoms with Gasteiger partial charge in [0.25, 0.3) is 0 Å². The highest BCUT2D eigenvalue weighted by Gasteiger charge is 2.31. The fraction of sp³-hybridized carbons (Fsp3) is 0.385. The van der Waals surface area contributed by atoms with E-state index >= 15 is 0 Å². The van der Waals surface area contributed by atoms with E-state index in [4.69, 9.17) is 10.5 Å². The number of carbonyl (C=O) groups is 4. The van der Waals surface area contributed by atoms with E-state index in [9.17, 15) is 19.2 Å². The molecule has 0 unspecified atom stereocenters. The summed E-state index contributed by atoms with van der Waals surface area (Å²) < 4.78 is 5.50. The molecule has 1 aliphatic carbocycles. The molecule has 0 saturated heterocycles. The molecule has 5 N–H and O–H groups in total. The van der Waals surface area contributed by atoms with Crippen molar-refractivity contribution in [2.45, 2.75) is 51.1 Å². The van der Waals surface area contributed by atoms with Gasteiger partial charge in [0.2, 0.25) is 17.7 Å². The molecule has 0 spiro atoms. The second kappa shape index (κ2) is 11.0. The molecule has 4 amide bonds. The van der Waals surface area contributed by atoms with Crippen LogP contribution < -0.4 is 21.7 Å². The maximum absolute atomic E-state index is 12.5. The summed E-state index contributed by atoms with van der Waals surface area (Å²) in [5, 5.41) is 7.79. The average molecular weight is 481 g/mol. The molecular weight excluding hydrogens is 448 g/mol. The first-order chi connectivity index (χ1) is 16.6. The third kappa shape index (κ3) is 6.38. The Morgan fingerprint density at radius 1 is 1.00 bits per heavy atom. The van der Waals surface area contributed by atoms with Crippen LogP contribution >= 0.6 is 0 Å². The van der Waals surface area contributed by atoms with Crippen LogP contribution in [0.3, 0.4) is 0 Å². The Balaban J connectivity index is 1.49. The smallest absolute Gasteiger partial charge is 0.407 e. The largest absolute Gasteiger partial charge is 0.449 e. The van der Waals surface area contributed by atoms with Crippen molar-refractivity contribution in [3.63, 3.8) is 0 Å². The number of alkyl carbamates (subject to hydrolysis) is 1. The van der Waals surface area contributed by atoms with Crippen molar-refractivity contribution >= 4 is 23.8 Å². The van der Waals surface area contributed by atoms with Crippen LogP contribution in [0.15, 0.2) is 48.5 Å². The molecule has 3 rings (SSSR count). The molecule has 0 heterocycles. The maximum atomic E-state index is 12.5. The number of nitrogens with one attached hydrogen (secondary N) is 3. The summed E-state index contributed by atoms with van der Waals surface area (Å²) in [4.78, 5) is 47.8. The second-order valence-electron chi connectivity index (χ2n) is 9.13. The number of rotatable bonds is 10. The number of hydrogen-bond donors (Lipinski definition) is 4. The molecule has 0 fully saturated rings. The van der Waals surface area contributed by atoms with Gasteiger partial charge in [0.1, 0.15) is 18.2 Å². The summed E-state index contributed by atoms with van der Waals surface area (Å²) in [6, 6.07) is 15.3. The first kappa shape index (κ1) is 25.7. The maximum Gasteiger partial charge on any atom is 0.407 e. The summed E-state index contributed by atoms with van der Waals surface area (Å²) in [5.41, 5.74) is 8.60. The minimum atomic E-state index is -1.26. The van der Waals surface area contributed by atoms with E-state index in [0.29, 0.717) is 6.42 Å². The molecule has 2 aromatic carbocycles. The van der Waals surface area contributed by atoms with E-state index in [1.807, 2.05) is 36.4 Å². The summed E-state index contributed by atoms with van der Waals surface area (Å²) in [6.07, 6.45) is 0.103. The number of hydrogen-bond acceptors (Lipinski definition) is 5. The summed E-state index contributed by atoms with van der Waals surface area (Å²) in [6.45, 7) is 4.72. The first-order valence-corrected chi connectivity index (χ1v) is 11.6. The van der Waals surface area contributed by atoms with Crippen molar-refractivity contribution in [3.05, 3.63) is 59.7 Å². The van der Waals surface area contributed by atoms with Crippen LogP contribution in [-0.4, -0.2) is 48.5 Å². The van der Waals surface area contributed by atoms with Crippen LogP contribution in [0.1, 0.15) is 50.7 Å². The third-order valence-electron chi connectivity index (χ3n) is 6.03. The number of fused-ring (bicyclic) bond motifs is 3. The molecule has 0 aliphatic heterocycles. The van der Waals surface area contributed by atoms with Gasteiger partial charge in [0.15, 0.2) is 0 Å². The number of amides is 4. The molecule has 0 bridgehead atoms.